The molecule has 9 nitrogen and oxygen atoms in total. The summed E-state index contributed by atoms with van der Waals surface area (Å²) in [4.78, 5) is 18.4. The van der Waals surface area contributed by atoms with Gasteiger partial charge in [-0.2, -0.15) is 0 Å². The predicted molar refractivity (Wildman–Crippen MR) is 159 cm³/mol. The standard InChI is InChI=1S/C33H42N2O7/c1-33(2,3)42-32(37)35-20-28(36)31(30(21-35)41-22-24-14-16-34-17-15-24)25-10-12-27(13-11-25)40-19-7-18-39-23-26-8-5-6-9-29(26)38-4/h5-6,8-17,28,30-31,36H,7,18-23H2,1-4H3. The number of carbonyl (C=O) groups is 1. The van der Waals surface area contributed by atoms with Crippen LogP contribution in [0.25, 0.3) is 0 Å². The van der Waals surface area contributed by atoms with Crippen LogP contribution < -0.4 is 9.47 Å². The van der Waals surface area contributed by atoms with Crippen LogP contribution in [-0.2, 0) is 27.4 Å². The van der Waals surface area contributed by atoms with Crippen LogP contribution in [0.2, 0.25) is 0 Å². The molecule has 1 aromatic heterocycles. The van der Waals surface area contributed by atoms with Crippen LogP contribution in [0.3, 0.4) is 0 Å². The minimum Gasteiger partial charge on any atom is -0.496 e. The number of benzene rings is 2. The van der Waals surface area contributed by atoms with E-state index >= 15 is 0 Å². The zero-order chi connectivity index (χ0) is 30.0. The summed E-state index contributed by atoms with van der Waals surface area (Å²) in [7, 11) is 1.65. The third-order valence-corrected chi connectivity index (χ3v) is 6.90. The van der Waals surface area contributed by atoms with Crippen molar-refractivity contribution in [3.63, 3.8) is 0 Å². The number of piperidine rings is 1. The lowest BCUT2D eigenvalue weighted by molar-refractivity contribution is -0.0756. The number of β-amino-alcohol motifs (C(OH)–C–C–N with tert-alkyl or cyclic N) is 1. The van der Waals surface area contributed by atoms with Crippen molar-refractivity contribution in [2.45, 2.75) is 64.1 Å². The smallest absolute Gasteiger partial charge is 0.410 e. The number of likely N-dealkylation sites (tertiary alicyclic amines) is 1. The number of amides is 1. The van der Waals surface area contributed by atoms with Crippen LogP contribution in [0, 0.1) is 0 Å². The summed E-state index contributed by atoms with van der Waals surface area (Å²) in [6.45, 7) is 7.82. The van der Waals surface area contributed by atoms with Crippen LogP contribution in [0.15, 0.2) is 73.1 Å². The van der Waals surface area contributed by atoms with Crippen molar-refractivity contribution < 1.29 is 33.6 Å². The quantitative estimate of drug-likeness (QED) is 0.287. The third-order valence-electron chi connectivity index (χ3n) is 6.90. The Kier molecular flexibility index (Phi) is 11.2. The van der Waals surface area contributed by atoms with Crippen molar-refractivity contribution in [2.24, 2.45) is 0 Å². The first-order valence-electron chi connectivity index (χ1n) is 14.3. The van der Waals surface area contributed by atoms with Crippen LogP contribution in [0.4, 0.5) is 4.79 Å². The van der Waals surface area contributed by atoms with Gasteiger partial charge in [-0.3, -0.25) is 4.98 Å². The Balaban J connectivity index is 1.33. The van der Waals surface area contributed by atoms with Gasteiger partial charge in [-0.15, -0.1) is 0 Å². The molecule has 2 aromatic carbocycles. The second-order valence-corrected chi connectivity index (χ2v) is 11.3. The fraction of sp³-hybridized carbons (Fsp3) is 0.455. The summed E-state index contributed by atoms with van der Waals surface area (Å²) < 4.78 is 28.9. The van der Waals surface area contributed by atoms with Crippen molar-refractivity contribution in [1.82, 2.24) is 9.88 Å². The molecule has 42 heavy (non-hydrogen) atoms. The van der Waals surface area contributed by atoms with E-state index in [1.54, 1.807) is 19.5 Å². The predicted octanol–water partition coefficient (Wildman–Crippen LogP) is 5.36. The molecule has 3 atom stereocenters. The number of hydrogen-bond acceptors (Lipinski definition) is 8. The molecule has 1 amide bonds. The molecule has 0 spiro atoms. The lowest BCUT2D eigenvalue weighted by atomic mass is 9.84. The van der Waals surface area contributed by atoms with E-state index in [0.717, 1.165) is 34.6 Å². The van der Waals surface area contributed by atoms with Gasteiger partial charge in [0, 0.05) is 30.3 Å². The Bertz CT molecular complexity index is 1250. The van der Waals surface area contributed by atoms with Gasteiger partial charge in [0.25, 0.3) is 0 Å². The number of carbonyl (C=O) groups excluding carboxylic acids is 1. The molecule has 2 heterocycles. The molecular weight excluding hydrogens is 536 g/mol. The Labute approximate surface area is 248 Å². The highest BCUT2D eigenvalue weighted by atomic mass is 16.6. The summed E-state index contributed by atoms with van der Waals surface area (Å²) in [5.41, 5.74) is 2.25. The molecule has 1 aliphatic rings. The zero-order valence-electron chi connectivity index (χ0n) is 24.9. The molecule has 1 N–H and O–H groups in total. The van der Waals surface area contributed by atoms with Crippen molar-refractivity contribution in [1.29, 1.82) is 0 Å². The first-order valence-corrected chi connectivity index (χ1v) is 14.3. The largest absolute Gasteiger partial charge is 0.496 e. The summed E-state index contributed by atoms with van der Waals surface area (Å²) in [5.74, 6) is 1.22. The van der Waals surface area contributed by atoms with E-state index in [2.05, 4.69) is 4.98 Å². The van der Waals surface area contributed by atoms with E-state index in [1.165, 1.54) is 4.90 Å². The number of nitrogens with zero attached hydrogens (tertiary/aromatic N) is 2. The molecule has 3 unspecified atom stereocenters. The van der Waals surface area contributed by atoms with Crippen LogP contribution in [0.5, 0.6) is 11.5 Å². The molecule has 0 bridgehead atoms. The topological polar surface area (TPSA) is 99.6 Å². The van der Waals surface area contributed by atoms with Crippen LogP contribution in [0.1, 0.15) is 49.8 Å². The van der Waals surface area contributed by atoms with Crippen molar-refractivity contribution >= 4 is 6.09 Å². The lowest BCUT2D eigenvalue weighted by Gasteiger charge is -2.42. The van der Waals surface area contributed by atoms with Crippen LogP contribution >= 0.6 is 0 Å². The highest BCUT2D eigenvalue weighted by Gasteiger charge is 2.40. The van der Waals surface area contributed by atoms with E-state index in [4.69, 9.17) is 23.7 Å². The third kappa shape index (κ3) is 9.17. The highest BCUT2D eigenvalue weighted by molar-refractivity contribution is 5.68. The molecule has 1 aliphatic heterocycles. The van der Waals surface area contributed by atoms with E-state index in [1.807, 2.05) is 81.4 Å². The van der Waals surface area contributed by atoms with Gasteiger partial charge in [0.2, 0.25) is 0 Å². The Morgan fingerprint density at radius 1 is 0.976 bits per heavy atom. The number of methoxy groups -OCH3 is 1. The first-order chi connectivity index (χ1) is 20.2. The van der Waals surface area contributed by atoms with Gasteiger partial charge < -0.3 is 33.7 Å². The zero-order valence-corrected chi connectivity index (χ0v) is 24.9. The van der Waals surface area contributed by atoms with Crippen molar-refractivity contribution in [3.05, 3.63) is 89.7 Å². The van der Waals surface area contributed by atoms with Gasteiger partial charge in [-0.1, -0.05) is 30.3 Å². The molecule has 3 aromatic rings. The SMILES string of the molecule is COc1ccccc1COCCCOc1ccc(C2C(O)CN(C(=O)OC(C)(C)C)CC2OCc2ccncc2)cc1. The Hall–Kier alpha value is -3.66. The van der Waals surface area contributed by atoms with E-state index < -0.39 is 23.9 Å². The molecule has 0 saturated carbocycles. The molecular formula is C33H42N2O7. The minimum absolute atomic E-state index is 0.155. The minimum atomic E-state index is -0.833. The van der Waals surface area contributed by atoms with E-state index in [9.17, 15) is 9.90 Å². The average molecular weight is 579 g/mol. The van der Waals surface area contributed by atoms with Crippen molar-refractivity contribution in [2.75, 3.05) is 33.4 Å². The number of aliphatic hydroxyl groups is 1. The van der Waals surface area contributed by atoms with Gasteiger partial charge in [0.15, 0.2) is 0 Å². The molecule has 0 aliphatic carbocycles. The number of aromatic nitrogens is 1. The first kappa shape index (κ1) is 31.3. The van der Waals surface area contributed by atoms with Crippen molar-refractivity contribution in [3.8, 4) is 11.5 Å². The number of pyridine rings is 1. The highest BCUT2D eigenvalue weighted by Crippen LogP contribution is 2.33. The number of rotatable bonds is 12. The fourth-order valence-corrected chi connectivity index (χ4v) is 4.89. The maximum Gasteiger partial charge on any atom is 0.410 e. The summed E-state index contributed by atoms with van der Waals surface area (Å²) in [6, 6.07) is 19.3. The van der Waals surface area contributed by atoms with Gasteiger partial charge in [0.1, 0.15) is 17.1 Å². The molecule has 1 saturated heterocycles. The second-order valence-electron chi connectivity index (χ2n) is 11.3. The Morgan fingerprint density at radius 2 is 1.71 bits per heavy atom. The summed E-state index contributed by atoms with van der Waals surface area (Å²) >= 11 is 0. The molecule has 4 rings (SSSR count). The van der Waals surface area contributed by atoms with E-state index in [0.29, 0.717) is 33.0 Å². The van der Waals surface area contributed by atoms with Gasteiger partial charge in [-0.25, -0.2) is 4.79 Å². The molecule has 0 radical (unpaired) electrons. The van der Waals surface area contributed by atoms with Crippen LogP contribution in [-0.4, -0.2) is 72.3 Å². The Morgan fingerprint density at radius 3 is 2.43 bits per heavy atom. The normalized spacial score (nSPS) is 18.9. The molecule has 1 fully saturated rings. The van der Waals surface area contributed by atoms with Gasteiger partial charge in [-0.05, 0) is 62.2 Å². The molecule has 226 valence electrons. The number of para-hydroxylation sites is 1. The summed E-state index contributed by atoms with van der Waals surface area (Å²) in [5, 5.41) is 11.2. The maximum atomic E-state index is 12.8. The maximum absolute atomic E-state index is 12.8. The fourth-order valence-electron chi connectivity index (χ4n) is 4.89. The number of ether oxygens (including phenoxy) is 5. The van der Waals surface area contributed by atoms with E-state index in [-0.39, 0.29) is 12.5 Å². The van der Waals surface area contributed by atoms with Gasteiger partial charge in [0.05, 0.1) is 58.8 Å². The van der Waals surface area contributed by atoms with Gasteiger partial charge >= 0.3 is 6.09 Å². The number of hydrogen-bond donors (Lipinski definition) is 1. The lowest BCUT2D eigenvalue weighted by Crippen LogP contribution is -2.54. The summed E-state index contributed by atoms with van der Waals surface area (Å²) in [6.07, 6.45) is 2.42. The molecule has 9 heteroatoms. The second kappa shape index (κ2) is 15.0. The monoisotopic (exact) mass is 578 g/mol. The number of aliphatic hydroxyl groups excluding tert-OH is 1. The average Bonchev–Trinajstić information content (AvgIpc) is 2.98.